The molecule has 0 saturated heterocycles. The van der Waals surface area contributed by atoms with E-state index in [-0.39, 0.29) is 24.4 Å². The molecule has 0 atom stereocenters. The highest BCUT2D eigenvalue weighted by atomic mass is 19.4. The first-order chi connectivity index (χ1) is 7.31. The molecule has 0 unspecified atom stereocenters. The molecule has 0 fully saturated rings. The Morgan fingerprint density at radius 3 is 2.56 bits per heavy atom. The number of carboxylic acid groups (broad SMARTS) is 1. The lowest BCUT2D eigenvalue weighted by Crippen LogP contribution is -2.11. The predicted molar refractivity (Wildman–Crippen MR) is 47.0 cm³/mol. The molecule has 0 aliphatic carbocycles. The van der Waals surface area contributed by atoms with Crippen LogP contribution < -0.4 is 0 Å². The number of aromatic nitrogens is 3. The molecule has 0 aliphatic heterocycles. The van der Waals surface area contributed by atoms with Crippen LogP contribution in [-0.2, 0) is 6.54 Å². The Morgan fingerprint density at radius 1 is 1.50 bits per heavy atom. The van der Waals surface area contributed by atoms with E-state index in [1.807, 2.05) is 0 Å². The van der Waals surface area contributed by atoms with Crippen molar-refractivity contribution in [1.29, 1.82) is 0 Å². The van der Waals surface area contributed by atoms with Crippen LogP contribution in [0.1, 0.15) is 29.0 Å². The second kappa shape index (κ2) is 4.50. The second-order valence-electron chi connectivity index (χ2n) is 3.27. The van der Waals surface area contributed by atoms with E-state index in [1.165, 1.54) is 6.92 Å². The van der Waals surface area contributed by atoms with Gasteiger partial charge >= 0.3 is 12.1 Å². The van der Waals surface area contributed by atoms with Crippen molar-refractivity contribution in [3.63, 3.8) is 0 Å². The SMILES string of the molecule is Cc1c(C(=O)O)nnn1CCCC(F)(F)F. The van der Waals surface area contributed by atoms with E-state index in [1.54, 1.807) is 0 Å². The molecule has 0 radical (unpaired) electrons. The number of aromatic carboxylic acids is 1. The van der Waals surface area contributed by atoms with Gasteiger partial charge in [0.05, 0.1) is 5.69 Å². The van der Waals surface area contributed by atoms with Crippen LogP contribution in [-0.4, -0.2) is 32.2 Å². The molecule has 5 nitrogen and oxygen atoms in total. The van der Waals surface area contributed by atoms with Crippen LogP contribution in [0.5, 0.6) is 0 Å². The summed E-state index contributed by atoms with van der Waals surface area (Å²) in [6.45, 7) is 1.46. The van der Waals surface area contributed by atoms with E-state index in [4.69, 9.17) is 5.11 Å². The molecule has 0 saturated carbocycles. The van der Waals surface area contributed by atoms with Crippen LogP contribution >= 0.6 is 0 Å². The van der Waals surface area contributed by atoms with E-state index in [9.17, 15) is 18.0 Å². The van der Waals surface area contributed by atoms with Gasteiger partial charge in [0.2, 0.25) is 0 Å². The maximum atomic E-state index is 11.9. The van der Waals surface area contributed by atoms with E-state index >= 15 is 0 Å². The first-order valence-electron chi connectivity index (χ1n) is 4.51. The highest BCUT2D eigenvalue weighted by Crippen LogP contribution is 2.21. The summed E-state index contributed by atoms with van der Waals surface area (Å²) in [5.74, 6) is -1.24. The number of hydrogen-bond donors (Lipinski definition) is 1. The lowest BCUT2D eigenvalue weighted by atomic mass is 10.3. The third-order valence-corrected chi connectivity index (χ3v) is 2.02. The fourth-order valence-electron chi connectivity index (χ4n) is 1.20. The van der Waals surface area contributed by atoms with E-state index < -0.39 is 18.6 Å². The van der Waals surface area contributed by atoms with Crippen LogP contribution in [0, 0.1) is 6.92 Å². The van der Waals surface area contributed by atoms with E-state index in [2.05, 4.69) is 10.3 Å². The number of carbonyl (C=O) groups is 1. The molecule has 8 heteroatoms. The number of alkyl halides is 3. The Labute approximate surface area is 88.9 Å². The van der Waals surface area contributed by atoms with Gasteiger partial charge in [-0.05, 0) is 13.3 Å². The first-order valence-corrected chi connectivity index (χ1v) is 4.51. The molecule has 1 aromatic rings. The number of carboxylic acids is 1. The molecule has 1 N–H and O–H groups in total. The smallest absolute Gasteiger partial charge is 0.389 e. The van der Waals surface area contributed by atoms with Gasteiger partial charge in [0, 0.05) is 13.0 Å². The van der Waals surface area contributed by atoms with Crippen molar-refractivity contribution in [2.45, 2.75) is 32.5 Å². The Morgan fingerprint density at radius 2 is 2.12 bits per heavy atom. The predicted octanol–water partition coefficient (Wildman–Crippen LogP) is 1.63. The third kappa shape index (κ3) is 3.21. The largest absolute Gasteiger partial charge is 0.476 e. The lowest BCUT2D eigenvalue weighted by Gasteiger charge is -2.06. The average molecular weight is 237 g/mol. The van der Waals surface area contributed by atoms with Crippen LogP contribution in [0.2, 0.25) is 0 Å². The Kier molecular flexibility index (Phi) is 3.51. The summed E-state index contributed by atoms with van der Waals surface area (Å²) in [4.78, 5) is 10.6. The molecule has 90 valence electrons. The Bertz CT molecular complexity index is 386. The number of nitrogens with zero attached hydrogens (tertiary/aromatic N) is 3. The monoisotopic (exact) mass is 237 g/mol. The normalized spacial score (nSPS) is 11.8. The van der Waals surface area contributed by atoms with Gasteiger partial charge in [-0.3, -0.25) is 0 Å². The molecular formula is C8H10F3N3O2. The van der Waals surface area contributed by atoms with Crippen molar-refractivity contribution in [3.8, 4) is 0 Å². The summed E-state index contributed by atoms with van der Waals surface area (Å²) in [7, 11) is 0. The Hall–Kier alpha value is -1.60. The standard InChI is InChI=1S/C8H10F3N3O2/c1-5-6(7(15)16)12-13-14(5)4-2-3-8(9,10)11/h2-4H2,1H3,(H,15,16). The third-order valence-electron chi connectivity index (χ3n) is 2.02. The van der Waals surface area contributed by atoms with Gasteiger partial charge in [-0.1, -0.05) is 5.21 Å². The van der Waals surface area contributed by atoms with Gasteiger partial charge in [0.25, 0.3) is 0 Å². The summed E-state index contributed by atoms with van der Waals surface area (Å²) in [5, 5.41) is 15.5. The zero-order chi connectivity index (χ0) is 12.3. The number of hydrogen-bond acceptors (Lipinski definition) is 3. The van der Waals surface area contributed by atoms with Gasteiger partial charge in [0.1, 0.15) is 0 Å². The molecule has 0 amide bonds. The van der Waals surface area contributed by atoms with Crippen molar-refractivity contribution in [2.24, 2.45) is 0 Å². The van der Waals surface area contributed by atoms with Crippen molar-refractivity contribution >= 4 is 5.97 Å². The maximum Gasteiger partial charge on any atom is 0.389 e. The maximum absolute atomic E-state index is 11.9. The highest BCUT2D eigenvalue weighted by molar-refractivity contribution is 5.86. The molecule has 0 aliphatic rings. The van der Waals surface area contributed by atoms with Crippen molar-refractivity contribution < 1.29 is 23.1 Å². The quantitative estimate of drug-likeness (QED) is 0.864. The summed E-state index contributed by atoms with van der Waals surface area (Å²) < 4.78 is 36.7. The minimum Gasteiger partial charge on any atom is -0.476 e. The average Bonchev–Trinajstić information content (AvgIpc) is 2.46. The zero-order valence-corrected chi connectivity index (χ0v) is 8.45. The number of rotatable bonds is 4. The summed E-state index contributed by atoms with van der Waals surface area (Å²) in [5.41, 5.74) is 0.0293. The summed E-state index contributed by atoms with van der Waals surface area (Å²) >= 11 is 0. The van der Waals surface area contributed by atoms with Gasteiger partial charge in [-0.2, -0.15) is 13.2 Å². The molecule has 0 spiro atoms. The van der Waals surface area contributed by atoms with Gasteiger partial charge in [-0.25, -0.2) is 9.48 Å². The van der Waals surface area contributed by atoms with Crippen LogP contribution in [0.25, 0.3) is 0 Å². The number of halogens is 3. The highest BCUT2D eigenvalue weighted by Gasteiger charge is 2.26. The van der Waals surface area contributed by atoms with E-state index in [0.29, 0.717) is 0 Å². The van der Waals surface area contributed by atoms with Gasteiger partial charge < -0.3 is 5.11 Å². The molecule has 0 aromatic carbocycles. The van der Waals surface area contributed by atoms with Crippen LogP contribution in [0.3, 0.4) is 0 Å². The minimum atomic E-state index is -4.20. The van der Waals surface area contributed by atoms with Gasteiger partial charge in [0.15, 0.2) is 5.69 Å². The number of aryl methyl sites for hydroxylation is 1. The first kappa shape index (κ1) is 12.5. The van der Waals surface area contributed by atoms with Crippen molar-refractivity contribution in [3.05, 3.63) is 11.4 Å². The molecule has 16 heavy (non-hydrogen) atoms. The summed E-state index contributed by atoms with van der Waals surface area (Å²) in [6.07, 6.45) is -5.27. The Balaban J connectivity index is 2.59. The van der Waals surface area contributed by atoms with E-state index in [0.717, 1.165) is 4.68 Å². The van der Waals surface area contributed by atoms with Crippen molar-refractivity contribution in [1.82, 2.24) is 15.0 Å². The topological polar surface area (TPSA) is 68.0 Å². The van der Waals surface area contributed by atoms with Gasteiger partial charge in [-0.15, -0.1) is 5.10 Å². The molecule has 1 rings (SSSR count). The molecule has 1 heterocycles. The summed E-state index contributed by atoms with van der Waals surface area (Å²) in [6, 6.07) is 0. The lowest BCUT2D eigenvalue weighted by molar-refractivity contribution is -0.136. The second-order valence-corrected chi connectivity index (χ2v) is 3.27. The molecule has 0 bridgehead atoms. The van der Waals surface area contributed by atoms with Crippen LogP contribution in [0.15, 0.2) is 0 Å². The fourth-order valence-corrected chi connectivity index (χ4v) is 1.20. The fraction of sp³-hybridized carbons (Fsp3) is 0.625. The van der Waals surface area contributed by atoms with Crippen LogP contribution in [0.4, 0.5) is 13.2 Å². The molecular weight excluding hydrogens is 227 g/mol. The van der Waals surface area contributed by atoms with Crippen molar-refractivity contribution in [2.75, 3.05) is 0 Å². The minimum absolute atomic E-state index is 0.00558. The zero-order valence-electron chi connectivity index (χ0n) is 8.45. The molecule has 1 aromatic heterocycles.